The number of hydrogen-bond donors (Lipinski definition) is 0. The number of likely N-dealkylation sites (tertiary alicyclic amines) is 1. The molecule has 4 nitrogen and oxygen atoms in total. The predicted molar refractivity (Wildman–Crippen MR) is 86.2 cm³/mol. The Morgan fingerprint density at radius 2 is 2.14 bits per heavy atom. The average Bonchev–Trinajstić information content (AvgIpc) is 2.84. The minimum absolute atomic E-state index is 0.308. The van der Waals surface area contributed by atoms with Crippen molar-refractivity contribution in [3.63, 3.8) is 0 Å². The van der Waals surface area contributed by atoms with Crippen LogP contribution in [0.3, 0.4) is 0 Å². The summed E-state index contributed by atoms with van der Waals surface area (Å²) < 4.78 is 26.8. The molecule has 0 bridgehead atoms. The molecule has 1 aromatic rings. The Morgan fingerprint density at radius 3 is 2.71 bits per heavy atom. The van der Waals surface area contributed by atoms with E-state index in [1.54, 1.807) is 19.2 Å². The third-order valence-electron chi connectivity index (χ3n) is 4.31. The molecular formula is C15H23ClN2O2S. The number of rotatable bonds is 5. The van der Waals surface area contributed by atoms with Gasteiger partial charge in [-0.25, -0.2) is 8.42 Å². The molecule has 1 aliphatic heterocycles. The molecule has 0 spiro atoms. The van der Waals surface area contributed by atoms with Crippen LogP contribution in [0.4, 0.5) is 0 Å². The summed E-state index contributed by atoms with van der Waals surface area (Å²) in [5.41, 5.74) is 1.88. The summed E-state index contributed by atoms with van der Waals surface area (Å²) in [6.07, 6.45) is 2.19. The molecule has 1 fully saturated rings. The first-order valence-corrected chi connectivity index (χ1v) is 9.16. The second-order valence-electron chi connectivity index (χ2n) is 5.78. The number of halogens is 1. The van der Waals surface area contributed by atoms with Gasteiger partial charge in [0.25, 0.3) is 0 Å². The normalized spacial score (nSPS) is 20.3. The maximum atomic E-state index is 12.7. The molecule has 1 unspecified atom stereocenters. The van der Waals surface area contributed by atoms with Crippen molar-refractivity contribution < 1.29 is 8.42 Å². The van der Waals surface area contributed by atoms with Crippen molar-refractivity contribution in [2.45, 2.75) is 36.6 Å². The van der Waals surface area contributed by atoms with Gasteiger partial charge in [-0.3, -0.25) is 0 Å². The smallest absolute Gasteiger partial charge is 0.242 e. The topological polar surface area (TPSA) is 40.6 Å². The van der Waals surface area contributed by atoms with Gasteiger partial charge in [0, 0.05) is 25.5 Å². The van der Waals surface area contributed by atoms with Gasteiger partial charge >= 0.3 is 0 Å². The lowest BCUT2D eigenvalue weighted by Gasteiger charge is -2.25. The van der Waals surface area contributed by atoms with Gasteiger partial charge in [0.2, 0.25) is 10.0 Å². The highest BCUT2D eigenvalue weighted by Crippen LogP contribution is 2.22. The van der Waals surface area contributed by atoms with E-state index in [0.717, 1.165) is 30.5 Å². The molecule has 21 heavy (non-hydrogen) atoms. The molecule has 1 saturated heterocycles. The highest BCUT2D eigenvalue weighted by atomic mass is 35.5. The van der Waals surface area contributed by atoms with Gasteiger partial charge in [0.1, 0.15) is 0 Å². The summed E-state index contributed by atoms with van der Waals surface area (Å²) in [4.78, 5) is 2.55. The molecule has 6 heteroatoms. The fourth-order valence-electron chi connectivity index (χ4n) is 2.74. The van der Waals surface area contributed by atoms with E-state index in [1.165, 1.54) is 4.31 Å². The van der Waals surface area contributed by atoms with Crippen molar-refractivity contribution in [2.24, 2.45) is 0 Å². The van der Waals surface area contributed by atoms with Crippen LogP contribution in [-0.2, 0) is 15.9 Å². The number of alkyl halides is 1. The van der Waals surface area contributed by atoms with E-state index in [1.807, 2.05) is 13.0 Å². The van der Waals surface area contributed by atoms with E-state index in [9.17, 15) is 8.42 Å². The molecule has 1 atom stereocenters. The summed E-state index contributed by atoms with van der Waals surface area (Å²) in [7, 11) is 0.254. The SMILES string of the molecule is Cc1ccc(S(=O)(=O)N(C)CC2CCCN2C)cc1CCl. The van der Waals surface area contributed by atoms with Crippen LogP contribution in [0, 0.1) is 6.92 Å². The summed E-state index contributed by atoms with van der Waals surface area (Å²) >= 11 is 5.88. The van der Waals surface area contributed by atoms with Gasteiger partial charge in [0.05, 0.1) is 4.90 Å². The molecule has 0 saturated carbocycles. The first-order chi connectivity index (χ1) is 9.86. The molecular weight excluding hydrogens is 308 g/mol. The zero-order valence-corrected chi connectivity index (χ0v) is 14.4. The molecule has 1 heterocycles. The maximum absolute atomic E-state index is 12.7. The number of benzene rings is 1. The Kier molecular flexibility index (Phi) is 5.30. The van der Waals surface area contributed by atoms with Crippen molar-refractivity contribution in [2.75, 3.05) is 27.2 Å². The van der Waals surface area contributed by atoms with Crippen LogP contribution >= 0.6 is 11.6 Å². The first-order valence-electron chi connectivity index (χ1n) is 7.18. The van der Waals surface area contributed by atoms with E-state index in [-0.39, 0.29) is 0 Å². The van der Waals surface area contributed by atoms with Gasteiger partial charge in [0.15, 0.2) is 0 Å². The van der Waals surface area contributed by atoms with E-state index < -0.39 is 10.0 Å². The number of likely N-dealkylation sites (N-methyl/N-ethyl adjacent to an activating group) is 2. The van der Waals surface area contributed by atoms with Gasteiger partial charge < -0.3 is 4.90 Å². The highest BCUT2D eigenvalue weighted by molar-refractivity contribution is 7.89. The van der Waals surface area contributed by atoms with Crippen LogP contribution in [0.1, 0.15) is 24.0 Å². The Morgan fingerprint density at radius 1 is 1.43 bits per heavy atom. The van der Waals surface area contributed by atoms with E-state index in [4.69, 9.17) is 11.6 Å². The van der Waals surface area contributed by atoms with Gasteiger partial charge in [-0.15, -0.1) is 11.6 Å². The Bertz CT molecular complexity index is 604. The zero-order chi connectivity index (χ0) is 15.6. The van der Waals surface area contributed by atoms with Crippen LogP contribution < -0.4 is 0 Å². The summed E-state index contributed by atoms with van der Waals surface area (Å²) in [5.74, 6) is 0.324. The van der Waals surface area contributed by atoms with Crippen LogP contribution in [0.2, 0.25) is 0 Å². The minimum atomic E-state index is -3.45. The molecule has 1 aromatic carbocycles. The number of hydrogen-bond acceptors (Lipinski definition) is 3. The van der Waals surface area contributed by atoms with Crippen LogP contribution in [0.15, 0.2) is 23.1 Å². The monoisotopic (exact) mass is 330 g/mol. The van der Waals surface area contributed by atoms with Crippen LogP contribution in [0.25, 0.3) is 0 Å². The van der Waals surface area contributed by atoms with Crippen molar-refractivity contribution in [3.8, 4) is 0 Å². The standard InChI is InChI=1S/C15H23ClN2O2S/c1-12-6-7-15(9-13(12)10-16)21(19,20)18(3)11-14-5-4-8-17(14)2/h6-7,9,14H,4-5,8,10-11H2,1-3H3. The first kappa shape index (κ1) is 16.7. The molecule has 1 aliphatic rings. The second kappa shape index (κ2) is 6.65. The molecule has 2 rings (SSSR count). The molecule has 0 radical (unpaired) electrons. The lowest BCUT2D eigenvalue weighted by atomic mass is 10.1. The number of aryl methyl sites for hydroxylation is 1. The summed E-state index contributed by atoms with van der Waals surface area (Å²) in [6, 6.07) is 5.48. The van der Waals surface area contributed by atoms with E-state index >= 15 is 0 Å². The largest absolute Gasteiger partial charge is 0.302 e. The quantitative estimate of drug-likeness (QED) is 0.779. The third kappa shape index (κ3) is 3.59. The lowest BCUT2D eigenvalue weighted by Crippen LogP contribution is -2.39. The fourth-order valence-corrected chi connectivity index (χ4v) is 4.28. The van der Waals surface area contributed by atoms with E-state index in [0.29, 0.717) is 23.4 Å². The second-order valence-corrected chi connectivity index (χ2v) is 8.10. The molecule has 0 aliphatic carbocycles. The minimum Gasteiger partial charge on any atom is -0.302 e. The van der Waals surface area contributed by atoms with Crippen molar-refractivity contribution in [1.29, 1.82) is 0 Å². The van der Waals surface area contributed by atoms with Gasteiger partial charge in [-0.2, -0.15) is 4.31 Å². The Hall–Kier alpha value is -0.620. The summed E-state index contributed by atoms with van der Waals surface area (Å²) in [6.45, 7) is 3.51. The Labute approximate surface area is 132 Å². The van der Waals surface area contributed by atoms with Crippen molar-refractivity contribution >= 4 is 21.6 Å². The predicted octanol–water partition coefficient (Wildman–Crippen LogP) is 2.45. The zero-order valence-electron chi connectivity index (χ0n) is 12.8. The molecule has 118 valence electrons. The molecule has 0 amide bonds. The summed E-state index contributed by atoms with van der Waals surface area (Å²) in [5, 5.41) is 0. The number of sulfonamides is 1. The maximum Gasteiger partial charge on any atom is 0.242 e. The highest BCUT2D eigenvalue weighted by Gasteiger charge is 2.28. The third-order valence-corrected chi connectivity index (χ3v) is 6.42. The van der Waals surface area contributed by atoms with Crippen LogP contribution in [0.5, 0.6) is 0 Å². The van der Waals surface area contributed by atoms with Crippen molar-refractivity contribution in [1.82, 2.24) is 9.21 Å². The number of nitrogens with zero attached hydrogens (tertiary/aromatic N) is 2. The van der Waals surface area contributed by atoms with Gasteiger partial charge in [-0.05, 0) is 56.6 Å². The van der Waals surface area contributed by atoms with Crippen LogP contribution in [-0.4, -0.2) is 50.8 Å². The van der Waals surface area contributed by atoms with Gasteiger partial charge in [-0.1, -0.05) is 6.07 Å². The van der Waals surface area contributed by atoms with Crippen molar-refractivity contribution in [3.05, 3.63) is 29.3 Å². The fraction of sp³-hybridized carbons (Fsp3) is 0.600. The Balaban J connectivity index is 2.20. The molecule has 0 N–H and O–H groups in total. The molecule has 0 aromatic heterocycles. The lowest BCUT2D eigenvalue weighted by molar-refractivity contribution is 0.271. The average molecular weight is 331 g/mol. The van der Waals surface area contributed by atoms with E-state index in [2.05, 4.69) is 11.9 Å².